The van der Waals surface area contributed by atoms with Crippen LogP contribution >= 0.6 is 0 Å². The van der Waals surface area contributed by atoms with Gasteiger partial charge in [0.15, 0.2) is 0 Å². The van der Waals surface area contributed by atoms with E-state index < -0.39 is 0 Å². The lowest BCUT2D eigenvalue weighted by atomic mass is 9.99. The van der Waals surface area contributed by atoms with E-state index in [1.165, 1.54) is 19.3 Å². The van der Waals surface area contributed by atoms with Gasteiger partial charge in [-0.05, 0) is 35.9 Å². The van der Waals surface area contributed by atoms with Crippen LogP contribution in [0.25, 0.3) is 10.9 Å². The van der Waals surface area contributed by atoms with E-state index in [4.69, 9.17) is 0 Å². The van der Waals surface area contributed by atoms with Gasteiger partial charge in [0.1, 0.15) is 0 Å². The number of carbonyl (C=O) groups is 1. The lowest BCUT2D eigenvalue weighted by Crippen LogP contribution is -2.29. The lowest BCUT2D eigenvalue weighted by molar-refractivity contribution is 0.0946. The van der Waals surface area contributed by atoms with Crippen molar-refractivity contribution >= 4 is 16.8 Å². The molecule has 0 aliphatic carbocycles. The topological polar surface area (TPSA) is 44.9 Å². The van der Waals surface area contributed by atoms with E-state index in [9.17, 15) is 4.79 Å². The summed E-state index contributed by atoms with van der Waals surface area (Å²) in [6.07, 6.45) is 6.67. The molecule has 3 nitrogen and oxygen atoms in total. The highest BCUT2D eigenvalue weighted by Gasteiger charge is 2.10. The molecule has 20 heavy (non-hydrogen) atoms. The van der Waals surface area contributed by atoms with Crippen LogP contribution in [0, 0.1) is 5.92 Å². The van der Waals surface area contributed by atoms with Crippen molar-refractivity contribution in [2.75, 3.05) is 6.54 Å². The van der Waals surface area contributed by atoms with E-state index in [1.807, 2.05) is 30.5 Å². The molecule has 0 aliphatic rings. The Hall–Kier alpha value is -1.77. The third-order valence-corrected chi connectivity index (χ3v) is 3.91. The molecule has 1 heterocycles. The smallest absolute Gasteiger partial charge is 0.251 e. The quantitative estimate of drug-likeness (QED) is 0.782. The highest BCUT2D eigenvalue weighted by atomic mass is 16.1. The van der Waals surface area contributed by atoms with Crippen LogP contribution in [-0.2, 0) is 0 Å². The molecule has 0 spiro atoms. The van der Waals surface area contributed by atoms with E-state index in [0.717, 1.165) is 29.4 Å². The number of fused-ring (bicyclic) bond motifs is 1. The van der Waals surface area contributed by atoms with Crippen molar-refractivity contribution in [3.05, 3.63) is 36.0 Å². The molecule has 108 valence electrons. The molecule has 1 unspecified atom stereocenters. The molecule has 0 radical (unpaired) electrons. The maximum absolute atomic E-state index is 12.2. The van der Waals surface area contributed by atoms with Crippen molar-refractivity contribution in [1.29, 1.82) is 0 Å². The maximum atomic E-state index is 12.2. The van der Waals surface area contributed by atoms with E-state index >= 15 is 0 Å². The normalized spacial score (nSPS) is 12.5. The largest absolute Gasteiger partial charge is 0.361 e. The SMILES string of the molecule is CCCCC(CC)CNC(=O)c1ccc2cc[nH]c2c1. The van der Waals surface area contributed by atoms with Crippen LogP contribution in [0.4, 0.5) is 0 Å². The molecule has 0 saturated heterocycles. The Morgan fingerprint density at radius 1 is 1.30 bits per heavy atom. The summed E-state index contributed by atoms with van der Waals surface area (Å²) in [5, 5.41) is 4.20. The number of carbonyl (C=O) groups excluding carboxylic acids is 1. The molecular formula is C17H24N2O. The summed E-state index contributed by atoms with van der Waals surface area (Å²) < 4.78 is 0. The molecule has 0 aliphatic heterocycles. The van der Waals surface area contributed by atoms with Crippen LogP contribution in [0.5, 0.6) is 0 Å². The van der Waals surface area contributed by atoms with Crippen molar-refractivity contribution in [2.45, 2.75) is 39.5 Å². The fourth-order valence-corrected chi connectivity index (χ4v) is 2.47. The zero-order chi connectivity index (χ0) is 14.4. The van der Waals surface area contributed by atoms with Gasteiger partial charge in [0.25, 0.3) is 5.91 Å². The Morgan fingerprint density at radius 3 is 2.90 bits per heavy atom. The summed E-state index contributed by atoms with van der Waals surface area (Å²) in [7, 11) is 0. The summed E-state index contributed by atoms with van der Waals surface area (Å²) in [6.45, 7) is 5.17. The van der Waals surface area contributed by atoms with Crippen LogP contribution in [0.3, 0.4) is 0 Å². The minimum atomic E-state index is 0.0245. The van der Waals surface area contributed by atoms with E-state index in [2.05, 4.69) is 24.1 Å². The minimum Gasteiger partial charge on any atom is -0.361 e. The number of unbranched alkanes of at least 4 members (excludes halogenated alkanes) is 1. The zero-order valence-electron chi connectivity index (χ0n) is 12.4. The summed E-state index contributed by atoms with van der Waals surface area (Å²) in [6, 6.07) is 7.79. The second kappa shape index (κ2) is 7.13. The molecule has 1 amide bonds. The number of benzene rings is 1. The molecular weight excluding hydrogens is 248 g/mol. The Labute approximate surface area is 120 Å². The molecule has 0 saturated carbocycles. The minimum absolute atomic E-state index is 0.0245. The number of H-pyrrole nitrogens is 1. The molecule has 0 bridgehead atoms. The van der Waals surface area contributed by atoms with Gasteiger partial charge in [0.05, 0.1) is 0 Å². The van der Waals surface area contributed by atoms with Crippen LogP contribution in [-0.4, -0.2) is 17.4 Å². The van der Waals surface area contributed by atoms with Gasteiger partial charge >= 0.3 is 0 Å². The summed E-state index contributed by atoms with van der Waals surface area (Å²) in [5.41, 5.74) is 1.74. The first-order valence-electron chi connectivity index (χ1n) is 7.60. The summed E-state index contributed by atoms with van der Waals surface area (Å²) >= 11 is 0. The number of hydrogen-bond acceptors (Lipinski definition) is 1. The fraction of sp³-hybridized carbons (Fsp3) is 0.471. The Morgan fingerprint density at radius 2 is 2.15 bits per heavy atom. The van der Waals surface area contributed by atoms with Crippen molar-refractivity contribution < 1.29 is 4.79 Å². The molecule has 1 aromatic carbocycles. The molecule has 2 rings (SSSR count). The monoisotopic (exact) mass is 272 g/mol. The second-order valence-electron chi connectivity index (χ2n) is 5.41. The van der Waals surface area contributed by atoms with Gasteiger partial charge < -0.3 is 10.3 Å². The predicted octanol–water partition coefficient (Wildman–Crippen LogP) is 4.11. The highest BCUT2D eigenvalue weighted by Crippen LogP contribution is 2.15. The summed E-state index contributed by atoms with van der Waals surface area (Å²) in [4.78, 5) is 15.3. The number of aromatic amines is 1. The zero-order valence-corrected chi connectivity index (χ0v) is 12.4. The Balaban J connectivity index is 1.93. The van der Waals surface area contributed by atoms with Gasteiger partial charge in [-0.2, -0.15) is 0 Å². The average Bonchev–Trinajstić information content (AvgIpc) is 2.94. The van der Waals surface area contributed by atoms with Gasteiger partial charge in [-0.15, -0.1) is 0 Å². The van der Waals surface area contributed by atoms with Crippen LogP contribution < -0.4 is 5.32 Å². The van der Waals surface area contributed by atoms with E-state index in [-0.39, 0.29) is 5.91 Å². The predicted molar refractivity (Wildman–Crippen MR) is 83.9 cm³/mol. The highest BCUT2D eigenvalue weighted by molar-refractivity contribution is 5.97. The van der Waals surface area contributed by atoms with Crippen molar-refractivity contribution in [3.8, 4) is 0 Å². The molecule has 1 atom stereocenters. The number of aromatic nitrogens is 1. The standard InChI is InChI=1S/C17H24N2O/c1-3-5-6-13(4-2)12-19-17(20)15-8-7-14-9-10-18-16(14)11-15/h7-11,13,18H,3-6,12H2,1-2H3,(H,19,20). The van der Waals surface area contributed by atoms with Crippen LogP contribution in [0.15, 0.2) is 30.5 Å². The molecule has 3 heteroatoms. The second-order valence-corrected chi connectivity index (χ2v) is 5.41. The number of nitrogens with one attached hydrogen (secondary N) is 2. The van der Waals surface area contributed by atoms with Gasteiger partial charge in [0.2, 0.25) is 0 Å². The molecule has 2 N–H and O–H groups in total. The lowest BCUT2D eigenvalue weighted by Gasteiger charge is -2.15. The number of hydrogen-bond donors (Lipinski definition) is 2. The van der Waals surface area contributed by atoms with Gasteiger partial charge in [-0.1, -0.05) is 39.2 Å². The van der Waals surface area contributed by atoms with Gasteiger partial charge in [-0.3, -0.25) is 4.79 Å². The first-order valence-corrected chi connectivity index (χ1v) is 7.60. The van der Waals surface area contributed by atoms with Crippen molar-refractivity contribution in [3.63, 3.8) is 0 Å². The first kappa shape index (κ1) is 14.6. The Bertz CT molecular complexity index is 559. The first-order chi connectivity index (χ1) is 9.74. The van der Waals surface area contributed by atoms with E-state index in [1.54, 1.807) is 0 Å². The molecule has 1 aromatic heterocycles. The third kappa shape index (κ3) is 3.62. The van der Waals surface area contributed by atoms with Crippen LogP contribution in [0.1, 0.15) is 49.9 Å². The number of rotatable bonds is 7. The van der Waals surface area contributed by atoms with Gasteiger partial charge in [0, 0.05) is 23.8 Å². The van der Waals surface area contributed by atoms with Gasteiger partial charge in [-0.25, -0.2) is 0 Å². The fourth-order valence-electron chi connectivity index (χ4n) is 2.47. The Kier molecular flexibility index (Phi) is 5.22. The van der Waals surface area contributed by atoms with Crippen molar-refractivity contribution in [2.24, 2.45) is 5.92 Å². The van der Waals surface area contributed by atoms with Crippen LogP contribution in [0.2, 0.25) is 0 Å². The summed E-state index contributed by atoms with van der Waals surface area (Å²) in [5.74, 6) is 0.615. The van der Waals surface area contributed by atoms with Crippen molar-refractivity contribution in [1.82, 2.24) is 10.3 Å². The maximum Gasteiger partial charge on any atom is 0.251 e. The third-order valence-electron chi connectivity index (χ3n) is 3.91. The molecule has 2 aromatic rings. The average molecular weight is 272 g/mol. The van der Waals surface area contributed by atoms with E-state index in [0.29, 0.717) is 5.92 Å². The molecule has 0 fully saturated rings. The number of amides is 1.